The fraction of sp³-hybridized carbons (Fsp3) is 0.304. The maximum absolute atomic E-state index is 13.2. The first-order chi connectivity index (χ1) is 16.2. The number of sulfonamides is 1. The molecule has 1 aromatic heterocycles. The van der Waals surface area contributed by atoms with Crippen molar-refractivity contribution in [3.8, 4) is 0 Å². The monoisotopic (exact) mass is 499 g/mol. The van der Waals surface area contributed by atoms with E-state index in [4.69, 9.17) is 0 Å². The summed E-state index contributed by atoms with van der Waals surface area (Å²) in [6.07, 6.45) is 1.44. The Morgan fingerprint density at radius 1 is 1.06 bits per heavy atom. The molecule has 2 aromatic carbocycles. The van der Waals surface area contributed by atoms with E-state index < -0.39 is 10.0 Å². The summed E-state index contributed by atoms with van der Waals surface area (Å²) in [5, 5.41) is 14.6. The minimum atomic E-state index is -3.71. The lowest BCUT2D eigenvalue weighted by Gasteiger charge is -2.30. The Morgan fingerprint density at radius 2 is 1.79 bits per heavy atom. The van der Waals surface area contributed by atoms with Gasteiger partial charge in [0, 0.05) is 37.3 Å². The quantitative estimate of drug-likeness (QED) is 0.534. The van der Waals surface area contributed by atoms with Gasteiger partial charge in [0.05, 0.1) is 4.90 Å². The molecule has 178 valence electrons. The highest BCUT2D eigenvalue weighted by molar-refractivity contribution is 7.89. The van der Waals surface area contributed by atoms with Crippen molar-refractivity contribution in [3.05, 3.63) is 64.1 Å². The number of nitrogens with one attached hydrogen (secondary N) is 2. The molecule has 2 N–H and O–H groups in total. The van der Waals surface area contributed by atoms with Crippen LogP contribution in [0.3, 0.4) is 0 Å². The molecule has 0 bridgehead atoms. The lowest BCUT2D eigenvalue weighted by Crippen LogP contribution is -2.39. The molecule has 0 aliphatic carbocycles. The molecule has 0 radical (unpaired) electrons. The minimum absolute atomic E-state index is 0.139. The van der Waals surface area contributed by atoms with Gasteiger partial charge in [-0.25, -0.2) is 8.42 Å². The van der Waals surface area contributed by atoms with Crippen molar-refractivity contribution < 1.29 is 18.0 Å². The number of hydrogen-bond acceptors (Lipinski definition) is 7. The van der Waals surface area contributed by atoms with Gasteiger partial charge >= 0.3 is 0 Å². The minimum Gasteiger partial charge on any atom is -0.326 e. The number of benzene rings is 2. The van der Waals surface area contributed by atoms with Crippen molar-refractivity contribution in [3.63, 3.8) is 0 Å². The average molecular weight is 500 g/mol. The van der Waals surface area contributed by atoms with Gasteiger partial charge in [-0.3, -0.25) is 9.59 Å². The van der Waals surface area contributed by atoms with Crippen LogP contribution in [0.1, 0.15) is 46.1 Å². The summed E-state index contributed by atoms with van der Waals surface area (Å²) in [7, 11) is -3.71. The number of amides is 2. The number of aryl methyl sites for hydroxylation is 1. The molecule has 1 aliphatic heterocycles. The topological polar surface area (TPSA) is 121 Å². The van der Waals surface area contributed by atoms with Crippen LogP contribution in [0.4, 0.5) is 11.4 Å². The second-order valence-corrected chi connectivity index (χ2v) is 11.1. The number of hydrogen-bond donors (Lipinski definition) is 2. The van der Waals surface area contributed by atoms with Crippen LogP contribution < -0.4 is 10.6 Å². The average Bonchev–Trinajstić information content (AvgIpc) is 3.31. The lowest BCUT2D eigenvalue weighted by atomic mass is 10.0. The number of carbonyl (C=O) groups is 2. The van der Waals surface area contributed by atoms with Crippen LogP contribution >= 0.6 is 11.3 Å². The molecule has 1 fully saturated rings. The molecule has 0 unspecified atom stereocenters. The van der Waals surface area contributed by atoms with Crippen LogP contribution in [0.2, 0.25) is 0 Å². The number of nitrogens with zero attached hydrogens (tertiary/aromatic N) is 3. The normalized spacial score (nSPS) is 16.7. The van der Waals surface area contributed by atoms with E-state index in [9.17, 15) is 18.0 Å². The Hall–Kier alpha value is -3.15. The smallest absolute Gasteiger partial charge is 0.286 e. The van der Waals surface area contributed by atoms with Crippen molar-refractivity contribution in [1.29, 1.82) is 0 Å². The van der Waals surface area contributed by atoms with Crippen LogP contribution in [0.25, 0.3) is 0 Å². The van der Waals surface area contributed by atoms with Gasteiger partial charge in [-0.1, -0.05) is 29.5 Å². The lowest BCUT2D eigenvalue weighted by molar-refractivity contribution is -0.114. The van der Waals surface area contributed by atoms with Gasteiger partial charge in [0.2, 0.25) is 20.9 Å². The molecule has 3 aromatic rings. The first-order valence-electron chi connectivity index (χ1n) is 10.8. The van der Waals surface area contributed by atoms with Gasteiger partial charge in [-0.05, 0) is 55.7 Å². The molecule has 1 saturated heterocycles. The van der Waals surface area contributed by atoms with E-state index in [-0.39, 0.29) is 34.2 Å². The SMILES string of the molecule is CC(=O)Nc1ccc(S(=O)(=O)N2CCC[C@H](c3nnc(C(=O)Nc4ccccc4C)s3)C2)cc1. The van der Waals surface area contributed by atoms with E-state index in [1.54, 1.807) is 12.1 Å². The molecule has 34 heavy (non-hydrogen) atoms. The molecular weight excluding hydrogens is 474 g/mol. The third-order valence-electron chi connectivity index (χ3n) is 5.57. The van der Waals surface area contributed by atoms with E-state index in [2.05, 4.69) is 20.8 Å². The van der Waals surface area contributed by atoms with E-state index in [1.807, 2.05) is 31.2 Å². The molecule has 11 heteroatoms. The Labute approximate surface area is 202 Å². The third-order valence-corrected chi connectivity index (χ3v) is 8.54. The highest BCUT2D eigenvalue weighted by atomic mass is 32.2. The van der Waals surface area contributed by atoms with Gasteiger partial charge in [-0.15, -0.1) is 10.2 Å². The predicted octanol–water partition coefficient (Wildman–Crippen LogP) is 3.63. The van der Waals surface area contributed by atoms with E-state index in [0.717, 1.165) is 12.0 Å². The number of carbonyl (C=O) groups excluding carboxylic acids is 2. The first-order valence-corrected chi connectivity index (χ1v) is 13.1. The Balaban J connectivity index is 1.45. The van der Waals surface area contributed by atoms with Gasteiger partial charge in [0.25, 0.3) is 5.91 Å². The summed E-state index contributed by atoms with van der Waals surface area (Å²) in [6, 6.07) is 13.6. The van der Waals surface area contributed by atoms with E-state index >= 15 is 0 Å². The van der Waals surface area contributed by atoms with Crippen LogP contribution in [-0.4, -0.2) is 47.8 Å². The molecule has 2 heterocycles. The molecule has 4 rings (SSSR count). The van der Waals surface area contributed by atoms with Gasteiger partial charge in [0.1, 0.15) is 5.01 Å². The first kappa shape index (κ1) is 24.0. The Bertz CT molecular complexity index is 1300. The van der Waals surface area contributed by atoms with Crippen LogP contribution in [0.5, 0.6) is 0 Å². The zero-order chi connectivity index (χ0) is 24.3. The van der Waals surface area contributed by atoms with Crippen LogP contribution in [0, 0.1) is 6.92 Å². The van der Waals surface area contributed by atoms with Crippen LogP contribution in [0.15, 0.2) is 53.4 Å². The van der Waals surface area contributed by atoms with Gasteiger partial charge in [0.15, 0.2) is 0 Å². The number of aromatic nitrogens is 2. The molecular formula is C23H25N5O4S2. The highest BCUT2D eigenvalue weighted by Gasteiger charge is 2.33. The number of rotatable bonds is 6. The molecule has 0 saturated carbocycles. The van der Waals surface area contributed by atoms with Gasteiger partial charge < -0.3 is 10.6 Å². The molecule has 1 atom stereocenters. The maximum atomic E-state index is 13.2. The van der Waals surface area contributed by atoms with Crippen molar-refractivity contribution >= 4 is 44.5 Å². The summed E-state index contributed by atoms with van der Waals surface area (Å²) in [6.45, 7) is 3.98. The number of para-hydroxylation sites is 1. The maximum Gasteiger partial charge on any atom is 0.286 e. The summed E-state index contributed by atoms with van der Waals surface area (Å²) < 4.78 is 27.8. The zero-order valence-corrected chi connectivity index (χ0v) is 20.4. The highest BCUT2D eigenvalue weighted by Crippen LogP contribution is 2.32. The number of anilines is 2. The fourth-order valence-electron chi connectivity index (χ4n) is 3.81. The molecule has 9 nitrogen and oxygen atoms in total. The summed E-state index contributed by atoms with van der Waals surface area (Å²) in [5.74, 6) is -0.698. The second-order valence-electron chi connectivity index (χ2n) is 8.12. The Kier molecular flexibility index (Phi) is 7.05. The standard InChI is InChI=1S/C23H25N5O4S2/c1-15-6-3-4-8-20(15)25-21(30)23-27-26-22(33-23)17-7-5-13-28(14-17)34(31,32)19-11-9-18(10-12-19)24-16(2)29/h3-4,6,8-12,17H,5,7,13-14H2,1-2H3,(H,24,29)(H,25,30)/t17-/m0/s1. The largest absolute Gasteiger partial charge is 0.326 e. The van der Waals surface area contributed by atoms with Crippen LogP contribution in [-0.2, 0) is 14.8 Å². The van der Waals surface area contributed by atoms with Crippen molar-refractivity contribution in [2.75, 3.05) is 23.7 Å². The van der Waals surface area contributed by atoms with Crippen molar-refractivity contribution in [2.45, 2.75) is 37.5 Å². The number of piperidine rings is 1. The zero-order valence-electron chi connectivity index (χ0n) is 18.8. The summed E-state index contributed by atoms with van der Waals surface area (Å²) in [5.41, 5.74) is 2.19. The van der Waals surface area contributed by atoms with E-state index in [1.165, 1.54) is 34.7 Å². The molecule has 2 amide bonds. The van der Waals surface area contributed by atoms with Crippen molar-refractivity contribution in [2.24, 2.45) is 0 Å². The Morgan fingerprint density at radius 3 is 2.50 bits per heavy atom. The predicted molar refractivity (Wildman–Crippen MR) is 131 cm³/mol. The second kappa shape index (κ2) is 10.00. The molecule has 0 spiro atoms. The third kappa shape index (κ3) is 5.32. The van der Waals surface area contributed by atoms with Crippen molar-refractivity contribution in [1.82, 2.24) is 14.5 Å². The van der Waals surface area contributed by atoms with Gasteiger partial charge in [-0.2, -0.15) is 4.31 Å². The summed E-state index contributed by atoms with van der Waals surface area (Å²) in [4.78, 5) is 24.0. The van der Waals surface area contributed by atoms with E-state index in [0.29, 0.717) is 29.3 Å². The summed E-state index contributed by atoms with van der Waals surface area (Å²) >= 11 is 1.19. The fourth-order valence-corrected chi connectivity index (χ4v) is 6.19. The molecule has 1 aliphatic rings.